The van der Waals surface area contributed by atoms with Crippen LogP contribution in [0.4, 0.5) is 11.4 Å². The maximum atomic E-state index is 11.1. The zero-order valence-electron chi connectivity index (χ0n) is 12.0. The SMILES string of the molecule is Cc1ccc([N+](=O)[O-])c(N(CCCC(=O)O)C(C)C)c1. The summed E-state index contributed by atoms with van der Waals surface area (Å²) in [7, 11) is 0. The maximum Gasteiger partial charge on any atom is 0.303 e. The molecule has 6 heteroatoms. The van der Waals surface area contributed by atoms with Crippen molar-refractivity contribution in [2.45, 2.75) is 39.7 Å². The molecule has 0 fully saturated rings. The number of nitro benzene ring substituents is 1. The van der Waals surface area contributed by atoms with Crippen molar-refractivity contribution in [1.29, 1.82) is 0 Å². The van der Waals surface area contributed by atoms with Crippen molar-refractivity contribution in [2.75, 3.05) is 11.4 Å². The molecule has 6 nitrogen and oxygen atoms in total. The Morgan fingerprint density at radius 2 is 2.10 bits per heavy atom. The van der Waals surface area contributed by atoms with E-state index in [9.17, 15) is 14.9 Å². The van der Waals surface area contributed by atoms with Crippen LogP contribution in [0, 0.1) is 17.0 Å². The smallest absolute Gasteiger partial charge is 0.303 e. The van der Waals surface area contributed by atoms with Gasteiger partial charge in [0.1, 0.15) is 5.69 Å². The van der Waals surface area contributed by atoms with Gasteiger partial charge in [0, 0.05) is 25.1 Å². The van der Waals surface area contributed by atoms with Crippen LogP contribution in [0.25, 0.3) is 0 Å². The summed E-state index contributed by atoms with van der Waals surface area (Å²) in [5.74, 6) is -0.854. The van der Waals surface area contributed by atoms with Crippen LogP contribution in [0.1, 0.15) is 32.3 Å². The third kappa shape index (κ3) is 4.22. The molecule has 0 amide bonds. The Bertz CT molecular complexity index is 500. The first-order chi connectivity index (χ1) is 9.32. The van der Waals surface area contributed by atoms with Gasteiger partial charge in [-0.25, -0.2) is 0 Å². The van der Waals surface area contributed by atoms with E-state index in [0.29, 0.717) is 18.7 Å². The van der Waals surface area contributed by atoms with Crippen LogP contribution in [-0.4, -0.2) is 28.6 Å². The number of rotatable bonds is 7. The Hall–Kier alpha value is -2.11. The molecule has 0 unspecified atom stereocenters. The largest absolute Gasteiger partial charge is 0.481 e. The van der Waals surface area contributed by atoms with Crippen LogP contribution in [0.2, 0.25) is 0 Å². The molecule has 1 aromatic rings. The molecule has 0 saturated carbocycles. The Morgan fingerprint density at radius 1 is 1.45 bits per heavy atom. The molecule has 0 bridgehead atoms. The average Bonchev–Trinajstić information content (AvgIpc) is 2.33. The lowest BCUT2D eigenvalue weighted by atomic mass is 10.1. The predicted molar refractivity (Wildman–Crippen MR) is 77.2 cm³/mol. The first-order valence-corrected chi connectivity index (χ1v) is 6.56. The molecule has 0 aliphatic rings. The number of aryl methyl sites for hydroxylation is 1. The van der Waals surface area contributed by atoms with E-state index in [1.54, 1.807) is 12.1 Å². The third-order valence-electron chi connectivity index (χ3n) is 3.05. The zero-order valence-corrected chi connectivity index (χ0v) is 12.0. The van der Waals surface area contributed by atoms with Gasteiger partial charge in [-0.05, 0) is 38.8 Å². The molecule has 0 saturated heterocycles. The van der Waals surface area contributed by atoms with Gasteiger partial charge in [-0.15, -0.1) is 0 Å². The summed E-state index contributed by atoms with van der Waals surface area (Å²) in [6.45, 7) is 6.23. The quantitative estimate of drug-likeness (QED) is 0.613. The maximum absolute atomic E-state index is 11.1. The average molecular weight is 280 g/mol. The highest BCUT2D eigenvalue weighted by Gasteiger charge is 2.21. The molecular formula is C14H20N2O4. The zero-order chi connectivity index (χ0) is 15.3. The molecule has 0 aliphatic carbocycles. The van der Waals surface area contributed by atoms with Gasteiger partial charge in [0.05, 0.1) is 4.92 Å². The van der Waals surface area contributed by atoms with Crippen molar-refractivity contribution >= 4 is 17.3 Å². The van der Waals surface area contributed by atoms with E-state index < -0.39 is 10.9 Å². The van der Waals surface area contributed by atoms with Gasteiger partial charge in [0.25, 0.3) is 5.69 Å². The van der Waals surface area contributed by atoms with Crippen molar-refractivity contribution in [3.05, 3.63) is 33.9 Å². The minimum Gasteiger partial charge on any atom is -0.481 e. The van der Waals surface area contributed by atoms with Crippen LogP contribution >= 0.6 is 0 Å². The number of anilines is 1. The monoisotopic (exact) mass is 280 g/mol. The minimum absolute atomic E-state index is 0.0552. The highest BCUT2D eigenvalue weighted by Crippen LogP contribution is 2.30. The van der Waals surface area contributed by atoms with Gasteiger partial charge in [-0.2, -0.15) is 0 Å². The fraction of sp³-hybridized carbons (Fsp3) is 0.500. The summed E-state index contributed by atoms with van der Waals surface area (Å²) >= 11 is 0. The highest BCUT2D eigenvalue weighted by molar-refractivity contribution is 5.67. The molecule has 1 rings (SSSR count). The van der Waals surface area contributed by atoms with Gasteiger partial charge in [0.2, 0.25) is 0 Å². The highest BCUT2D eigenvalue weighted by atomic mass is 16.6. The minimum atomic E-state index is -0.854. The summed E-state index contributed by atoms with van der Waals surface area (Å²) in [5.41, 5.74) is 1.55. The number of carbonyl (C=O) groups is 1. The first kappa shape index (κ1) is 15.9. The molecule has 110 valence electrons. The molecule has 0 aromatic heterocycles. The second-order valence-corrected chi connectivity index (χ2v) is 5.03. The fourth-order valence-corrected chi connectivity index (χ4v) is 2.08. The molecule has 0 atom stereocenters. The predicted octanol–water partition coefficient (Wildman–Crippen LogP) is 2.98. The van der Waals surface area contributed by atoms with Crippen molar-refractivity contribution in [2.24, 2.45) is 0 Å². The molecule has 0 heterocycles. The number of hydrogen-bond donors (Lipinski definition) is 1. The van der Waals surface area contributed by atoms with Crippen LogP contribution in [-0.2, 0) is 4.79 Å². The van der Waals surface area contributed by atoms with E-state index in [2.05, 4.69) is 0 Å². The van der Waals surface area contributed by atoms with Gasteiger partial charge in [0.15, 0.2) is 0 Å². The van der Waals surface area contributed by atoms with E-state index >= 15 is 0 Å². The van der Waals surface area contributed by atoms with Gasteiger partial charge in [-0.3, -0.25) is 14.9 Å². The van der Waals surface area contributed by atoms with Crippen LogP contribution in [0.15, 0.2) is 18.2 Å². The second kappa shape index (κ2) is 6.88. The lowest BCUT2D eigenvalue weighted by Crippen LogP contribution is -2.32. The van der Waals surface area contributed by atoms with Crippen LogP contribution in [0.5, 0.6) is 0 Å². The summed E-state index contributed by atoms with van der Waals surface area (Å²) in [5, 5.41) is 19.8. The standard InChI is InChI=1S/C14H20N2O4/c1-10(2)15(8-4-5-14(17)18)13-9-11(3)6-7-12(13)16(19)20/h6-7,9-10H,4-5,8H2,1-3H3,(H,17,18). The molecule has 0 aliphatic heterocycles. The number of hydrogen-bond acceptors (Lipinski definition) is 4. The number of carboxylic acid groups (broad SMARTS) is 1. The molecule has 0 radical (unpaired) electrons. The van der Waals surface area contributed by atoms with E-state index in [-0.39, 0.29) is 18.2 Å². The van der Waals surface area contributed by atoms with E-state index in [0.717, 1.165) is 5.56 Å². The number of nitro groups is 1. The van der Waals surface area contributed by atoms with Gasteiger partial charge < -0.3 is 10.0 Å². The Morgan fingerprint density at radius 3 is 2.60 bits per heavy atom. The summed E-state index contributed by atoms with van der Waals surface area (Å²) in [4.78, 5) is 23.2. The topological polar surface area (TPSA) is 83.7 Å². The van der Waals surface area contributed by atoms with Crippen molar-refractivity contribution in [3.8, 4) is 0 Å². The normalized spacial score (nSPS) is 10.6. The molecule has 1 N–H and O–H groups in total. The Labute approximate surface area is 118 Å². The summed E-state index contributed by atoms with van der Waals surface area (Å²) in [6, 6.07) is 5.04. The number of benzene rings is 1. The van der Waals surface area contributed by atoms with Crippen molar-refractivity contribution in [3.63, 3.8) is 0 Å². The Kier molecular flexibility index (Phi) is 5.49. The van der Waals surface area contributed by atoms with E-state index in [1.165, 1.54) is 6.07 Å². The molecule has 20 heavy (non-hydrogen) atoms. The van der Waals surface area contributed by atoms with Crippen LogP contribution in [0.3, 0.4) is 0 Å². The van der Waals surface area contributed by atoms with Crippen molar-refractivity contribution in [1.82, 2.24) is 0 Å². The van der Waals surface area contributed by atoms with E-state index in [1.807, 2.05) is 25.7 Å². The first-order valence-electron chi connectivity index (χ1n) is 6.56. The van der Waals surface area contributed by atoms with E-state index in [4.69, 9.17) is 5.11 Å². The lowest BCUT2D eigenvalue weighted by molar-refractivity contribution is -0.384. The van der Waals surface area contributed by atoms with Crippen LogP contribution < -0.4 is 4.90 Å². The molecule has 0 spiro atoms. The van der Waals surface area contributed by atoms with Gasteiger partial charge in [-0.1, -0.05) is 6.07 Å². The number of carboxylic acids is 1. The third-order valence-corrected chi connectivity index (χ3v) is 3.05. The Balaban J connectivity index is 3.04. The number of aliphatic carboxylic acids is 1. The summed E-state index contributed by atoms with van der Waals surface area (Å²) < 4.78 is 0. The van der Waals surface area contributed by atoms with Crippen molar-refractivity contribution < 1.29 is 14.8 Å². The number of nitrogens with zero attached hydrogens (tertiary/aromatic N) is 2. The van der Waals surface area contributed by atoms with Gasteiger partial charge >= 0.3 is 5.97 Å². The fourth-order valence-electron chi connectivity index (χ4n) is 2.08. The lowest BCUT2D eigenvalue weighted by Gasteiger charge is -2.28. The molecular weight excluding hydrogens is 260 g/mol. The molecule has 1 aromatic carbocycles. The summed E-state index contributed by atoms with van der Waals surface area (Å²) in [6.07, 6.45) is 0.515. The second-order valence-electron chi connectivity index (χ2n) is 5.03.